The van der Waals surface area contributed by atoms with E-state index in [0.717, 1.165) is 66.5 Å². The zero-order valence-electron chi connectivity index (χ0n) is 32.2. The van der Waals surface area contributed by atoms with Crippen LogP contribution in [-0.2, 0) is 0 Å². The van der Waals surface area contributed by atoms with Gasteiger partial charge in [0.2, 0.25) is 0 Å². The topological polar surface area (TPSA) is 83.2 Å². The monoisotopic (exact) mass is 764 g/mol. The minimum atomic E-state index is 0.400. The Bertz CT molecular complexity index is 3480. The number of nitriles is 2. The fraction of sp³-hybridized carbons (Fsp3) is 0. The summed E-state index contributed by atoms with van der Waals surface area (Å²) in [6.07, 6.45) is 0. The van der Waals surface area contributed by atoms with E-state index >= 15 is 0 Å². The lowest BCUT2D eigenvalue weighted by molar-refractivity contribution is 1.17. The molecule has 0 N–H and O–H groups in total. The Labute approximate surface area is 345 Å². The lowest BCUT2D eigenvalue weighted by Crippen LogP contribution is -2.01. The fourth-order valence-electron chi connectivity index (χ4n) is 8.76. The third-order valence-corrected chi connectivity index (χ3v) is 11.4. The maximum Gasteiger partial charge on any atom is 0.160 e. The van der Waals surface area contributed by atoms with Crippen molar-refractivity contribution in [3.8, 4) is 68.5 Å². The van der Waals surface area contributed by atoms with Gasteiger partial charge < -0.3 is 9.13 Å². The SMILES string of the molecule is N#Cc1cc(-c2nc(-c3ccccc3)c(C#N)c(-c3ccccc3)n2)ccc1-c1ccc2c(c1)c1c(ccc3c4ccccc4n(-c4ccccc4)c31)n2-c1ccccc1. The van der Waals surface area contributed by atoms with Crippen LogP contribution in [0.3, 0.4) is 0 Å². The zero-order chi connectivity index (χ0) is 40.2. The standard InChI is InChI=1S/C54H32N6/c55-33-39-31-38(54-57-51(35-15-5-1-6-16-35)46(34-56)52(58-54)36-17-7-2-8-18-36)25-27-42(39)37-26-29-48-45(32-37)50-49(59(48)40-19-9-3-10-20-40)30-28-44-43-23-13-14-24-47(43)60(53(44)50)41-21-11-4-12-22-41/h1-32H. The van der Waals surface area contributed by atoms with Gasteiger partial charge >= 0.3 is 0 Å². The van der Waals surface area contributed by atoms with Crippen molar-refractivity contribution in [3.05, 3.63) is 205 Å². The Morgan fingerprint density at radius 3 is 1.58 bits per heavy atom. The molecular weight excluding hydrogens is 733 g/mol. The van der Waals surface area contributed by atoms with Gasteiger partial charge in [-0.3, -0.25) is 0 Å². The molecule has 278 valence electrons. The highest BCUT2D eigenvalue weighted by Gasteiger charge is 2.23. The van der Waals surface area contributed by atoms with Crippen LogP contribution in [0, 0.1) is 22.7 Å². The van der Waals surface area contributed by atoms with E-state index < -0.39 is 0 Å². The first-order valence-electron chi connectivity index (χ1n) is 19.8. The lowest BCUT2D eigenvalue weighted by Gasteiger charge is -2.13. The third-order valence-electron chi connectivity index (χ3n) is 11.4. The van der Waals surface area contributed by atoms with Crippen LogP contribution in [0.1, 0.15) is 11.1 Å². The first-order valence-corrected chi connectivity index (χ1v) is 19.8. The Kier molecular flexibility index (Phi) is 8.15. The second-order valence-corrected chi connectivity index (χ2v) is 14.8. The summed E-state index contributed by atoms with van der Waals surface area (Å²) in [5, 5.41) is 25.8. The van der Waals surface area contributed by atoms with E-state index in [1.807, 2.05) is 84.9 Å². The van der Waals surface area contributed by atoms with E-state index in [-0.39, 0.29) is 0 Å². The molecule has 0 saturated heterocycles. The molecule has 0 spiro atoms. The molecule has 6 nitrogen and oxygen atoms in total. The Morgan fingerprint density at radius 1 is 0.400 bits per heavy atom. The highest BCUT2D eigenvalue weighted by atomic mass is 15.0. The van der Waals surface area contributed by atoms with Crippen LogP contribution < -0.4 is 0 Å². The molecule has 0 bridgehead atoms. The van der Waals surface area contributed by atoms with Gasteiger partial charge in [-0.05, 0) is 65.7 Å². The van der Waals surface area contributed by atoms with E-state index in [4.69, 9.17) is 9.97 Å². The van der Waals surface area contributed by atoms with Gasteiger partial charge in [0.25, 0.3) is 0 Å². The molecular formula is C54H32N6. The fourth-order valence-corrected chi connectivity index (χ4v) is 8.76. The number of hydrogen-bond acceptors (Lipinski definition) is 4. The first kappa shape index (κ1) is 34.7. The van der Waals surface area contributed by atoms with E-state index in [1.54, 1.807) is 0 Å². The summed E-state index contributed by atoms with van der Waals surface area (Å²) in [7, 11) is 0. The summed E-state index contributed by atoms with van der Waals surface area (Å²) < 4.78 is 4.72. The van der Waals surface area contributed by atoms with Gasteiger partial charge in [-0.15, -0.1) is 0 Å². The average molecular weight is 765 g/mol. The molecule has 0 aliphatic carbocycles. The van der Waals surface area contributed by atoms with Gasteiger partial charge in [0.1, 0.15) is 11.6 Å². The highest BCUT2D eigenvalue weighted by molar-refractivity contribution is 6.26. The number of hydrogen-bond donors (Lipinski definition) is 0. The zero-order valence-corrected chi connectivity index (χ0v) is 32.2. The first-order chi connectivity index (χ1) is 29.7. The van der Waals surface area contributed by atoms with Gasteiger partial charge in [-0.2, -0.15) is 10.5 Å². The number of rotatable bonds is 6. The molecule has 6 heteroatoms. The number of benzene rings is 8. The van der Waals surface area contributed by atoms with Crippen LogP contribution >= 0.6 is 0 Å². The minimum absolute atomic E-state index is 0.400. The van der Waals surface area contributed by atoms with Crippen molar-refractivity contribution < 1.29 is 0 Å². The van der Waals surface area contributed by atoms with Crippen molar-refractivity contribution in [1.29, 1.82) is 10.5 Å². The van der Waals surface area contributed by atoms with Crippen molar-refractivity contribution in [2.45, 2.75) is 0 Å². The maximum atomic E-state index is 10.8. The molecule has 0 aliphatic heterocycles. The van der Waals surface area contributed by atoms with Gasteiger partial charge in [0.05, 0.1) is 45.1 Å². The Morgan fingerprint density at radius 2 is 0.950 bits per heavy atom. The van der Waals surface area contributed by atoms with Crippen LogP contribution in [0.5, 0.6) is 0 Å². The Hall–Kier alpha value is -8.58. The van der Waals surface area contributed by atoms with Gasteiger partial charge in [-0.1, -0.05) is 140 Å². The van der Waals surface area contributed by atoms with Crippen LogP contribution in [0.25, 0.3) is 100 Å². The summed E-state index contributed by atoms with van der Waals surface area (Å²) in [5.74, 6) is 0.437. The molecule has 0 atom stereocenters. The van der Waals surface area contributed by atoms with Crippen LogP contribution in [-0.4, -0.2) is 19.1 Å². The molecule has 0 fully saturated rings. The number of aromatic nitrogens is 4. The minimum Gasteiger partial charge on any atom is -0.309 e. The maximum absolute atomic E-state index is 10.8. The number of para-hydroxylation sites is 3. The van der Waals surface area contributed by atoms with Crippen LogP contribution in [0.15, 0.2) is 194 Å². The van der Waals surface area contributed by atoms with Crippen molar-refractivity contribution in [2.75, 3.05) is 0 Å². The predicted molar refractivity (Wildman–Crippen MR) is 242 cm³/mol. The van der Waals surface area contributed by atoms with Crippen LogP contribution in [0.4, 0.5) is 0 Å². The molecule has 0 saturated carbocycles. The van der Waals surface area contributed by atoms with Crippen LogP contribution in [0.2, 0.25) is 0 Å². The van der Waals surface area contributed by atoms with E-state index in [1.165, 1.54) is 10.8 Å². The second kappa shape index (κ2) is 14.1. The van der Waals surface area contributed by atoms with Crippen molar-refractivity contribution >= 4 is 43.6 Å². The summed E-state index contributed by atoms with van der Waals surface area (Å²) in [6.45, 7) is 0. The quantitative estimate of drug-likeness (QED) is 0.169. The van der Waals surface area contributed by atoms with Gasteiger partial charge in [-0.25, -0.2) is 9.97 Å². The average Bonchev–Trinajstić information content (AvgIpc) is 3.84. The highest BCUT2D eigenvalue weighted by Crippen LogP contribution is 2.43. The molecule has 0 unspecified atom stereocenters. The summed E-state index contributed by atoms with van der Waals surface area (Å²) in [6, 6.07) is 70.8. The van der Waals surface area contributed by atoms with Gasteiger partial charge in [0.15, 0.2) is 5.82 Å². The second-order valence-electron chi connectivity index (χ2n) is 14.8. The summed E-state index contributed by atoms with van der Waals surface area (Å²) >= 11 is 0. The number of fused-ring (bicyclic) bond motifs is 7. The molecule has 8 aromatic carbocycles. The Balaban J connectivity index is 1.15. The summed E-state index contributed by atoms with van der Waals surface area (Å²) in [5.41, 5.74) is 12.6. The largest absolute Gasteiger partial charge is 0.309 e. The van der Waals surface area contributed by atoms with Gasteiger partial charge in [0, 0.05) is 49.6 Å². The molecule has 0 aliphatic rings. The van der Waals surface area contributed by atoms with E-state index in [0.29, 0.717) is 33.9 Å². The lowest BCUT2D eigenvalue weighted by atomic mass is 9.95. The third kappa shape index (κ3) is 5.48. The molecule has 3 aromatic heterocycles. The molecule has 11 aromatic rings. The van der Waals surface area contributed by atoms with E-state index in [9.17, 15) is 10.5 Å². The normalized spacial score (nSPS) is 11.3. The van der Waals surface area contributed by atoms with Crippen molar-refractivity contribution in [2.24, 2.45) is 0 Å². The molecule has 0 amide bonds. The van der Waals surface area contributed by atoms with E-state index in [2.05, 4.69) is 130 Å². The number of nitrogens with zero attached hydrogens (tertiary/aromatic N) is 6. The predicted octanol–water partition coefficient (Wildman–Crippen LogP) is 13.1. The summed E-state index contributed by atoms with van der Waals surface area (Å²) in [4.78, 5) is 9.97. The molecule has 0 radical (unpaired) electrons. The van der Waals surface area contributed by atoms with Crippen molar-refractivity contribution in [3.63, 3.8) is 0 Å². The molecule has 60 heavy (non-hydrogen) atoms. The smallest absolute Gasteiger partial charge is 0.160 e. The van der Waals surface area contributed by atoms with Crippen molar-refractivity contribution in [1.82, 2.24) is 19.1 Å². The molecule has 11 rings (SSSR count). The molecule has 3 heterocycles.